The summed E-state index contributed by atoms with van der Waals surface area (Å²) in [6.07, 6.45) is 1.59. The number of nitrogens with two attached hydrogens (primary N) is 1. The molecule has 2 aromatic rings. The van der Waals surface area contributed by atoms with Gasteiger partial charge in [-0.05, 0) is 24.4 Å². The first-order valence-corrected chi connectivity index (χ1v) is 6.28. The lowest BCUT2D eigenvalue weighted by molar-refractivity contribution is -0.124. The number of hydrazine groups is 1. The number of hydrogen-bond acceptors (Lipinski definition) is 4. The van der Waals surface area contributed by atoms with Crippen molar-refractivity contribution in [3.63, 3.8) is 0 Å². The van der Waals surface area contributed by atoms with Gasteiger partial charge >= 0.3 is 0 Å². The molecule has 0 fully saturated rings. The molecule has 3 N–H and O–H groups in total. The van der Waals surface area contributed by atoms with Crippen molar-refractivity contribution in [1.29, 1.82) is 0 Å². The number of amides is 1. The Morgan fingerprint density at radius 1 is 1.55 bits per heavy atom. The zero-order valence-corrected chi connectivity index (χ0v) is 11.5. The van der Waals surface area contributed by atoms with E-state index < -0.39 is 0 Å². The molecule has 0 unspecified atom stereocenters. The third kappa shape index (κ3) is 3.09. The van der Waals surface area contributed by atoms with Gasteiger partial charge in [-0.25, -0.2) is 4.68 Å². The fourth-order valence-electron chi connectivity index (χ4n) is 1.68. The van der Waals surface area contributed by atoms with Gasteiger partial charge in [0.1, 0.15) is 12.1 Å². The highest BCUT2D eigenvalue weighted by atomic mass is 32.1. The van der Waals surface area contributed by atoms with Crippen LogP contribution in [0.1, 0.15) is 0 Å². The SMILES string of the molecule is C=CCN(NC(=O)Cn1nnc2ccccc21)C(N)=S. The van der Waals surface area contributed by atoms with Crippen molar-refractivity contribution in [2.24, 2.45) is 5.73 Å². The molecule has 1 amide bonds. The fraction of sp³-hybridized carbons (Fsp3) is 0.167. The molecule has 0 aliphatic carbocycles. The summed E-state index contributed by atoms with van der Waals surface area (Å²) in [5.41, 5.74) is 9.60. The van der Waals surface area contributed by atoms with E-state index in [-0.39, 0.29) is 17.6 Å². The monoisotopic (exact) mass is 290 g/mol. The van der Waals surface area contributed by atoms with Crippen molar-refractivity contribution in [2.45, 2.75) is 6.54 Å². The summed E-state index contributed by atoms with van der Waals surface area (Å²) in [5, 5.41) is 9.32. The molecule has 1 heterocycles. The van der Waals surface area contributed by atoms with Crippen molar-refractivity contribution in [3.05, 3.63) is 36.9 Å². The average molecular weight is 290 g/mol. The highest BCUT2D eigenvalue weighted by Crippen LogP contribution is 2.09. The molecule has 0 spiro atoms. The molecule has 104 valence electrons. The lowest BCUT2D eigenvalue weighted by Gasteiger charge is -2.21. The molecule has 1 aromatic carbocycles. The maximum Gasteiger partial charge on any atom is 0.260 e. The van der Waals surface area contributed by atoms with Crippen molar-refractivity contribution >= 4 is 34.3 Å². The largest absolute Gasteiger partial charge is 0.375 e. The van der Waals surface area contributed by atoms with Crippen LogP contribution in [-0.4, -0.2) is 37.6 Å². The van der Waals surface area contributed by atoms with E-state index in [0.717, 1.165) is 11.0 Å². The normalized spacial score (nSPS) is 10.2. The first kappa shape index (κ1) is 13.9. The van der Waals surface area contributed by atoms with E-state index in [1.807, 2.05) is 24.3 Å². The summed E-state index contributed by atoms with van der Waals surface area (Å²) in [5.74, 6) is -0.296. The summed E-state index contributed by atoms with van der Waals surface area (Å²) in [6, 6.07) is 7.40. The molecule has 20 heavy (non-hydrogen) atoms. The van der Waals surface area contributed by atoms with Crippen molar-refractivity contribution < 1.29 is 4.79 Å². The van der Waals surface area contributed by atoms with Gasteiger partial charge in [0.25, 0.3) is 5.91 Å². The summed E-state index contributed by atoms with van der Waals surface area (Å²) >= 11 is 4.83. The molecule has 0 saturated heterocycles. The number of hydrogen-bond donors (Lipinski definition) is 2. The highest BCUT2D eigenvalue weighted by molar-refractivity contribution is 7.80. The molecule has 1 aromatic heterocycles. The summed E-state index contributed by atoms with van der Waals surface area (Å²) in [6.45, 7) is 3.93. The zero-order valence-electron chi connectivity index (χ0n) is 10.7. The van der Waals surface area contributed by atoms with E-state index in [0.29, 0.717) is 6.54 Å². The maximum absolute atomic E-state index is 12.0. The van der Waals surface area contributed by atoms with E-state index in [1.165, 1.54) is 9.69 Å². The number of para-hydroxylation sites is 1. The Labute approximate surface area is 121 Å². The molecule has 0 atom stereocenters. The second-order valence-electron chi connectivity index (χ2n) is 4.01. The lowest BCUT2D eigenvalue weighted by Crippen LogP contribution is -2.49. The molecule has 8 heteroatoms. The Balaban J connectivity index is 2.07. The number of rotatable bonds is 4. The second kappa shape index (κ2) is 6.11. The molecule has 0 bridgehead atoms. The van der Waals surface area contributed by atoms with Crippen LogP contribution in [0.5, 0.6) is 0 Å². The van der Waals surface area contributed by atoms with Gasteiger partial charge in [0.2, 0.25) is 0 Å². The minimum Gasteiger partial charge on any atom is -0.375 e. The first-order chi connectivity index (χ1) is 9.61. The van der Waals surface area contributed by atoms with E-state index in [1.54, 1.807) is 6.08 Å². The second-order valence-corrected chi connectivity index (χ2v) is 4.43. The maximum atomic E-state index is 12.0. The van der Waals surface area contributed by atoms with Gasteiger partial charge in [0.05, 0.1) is 12.1 Å². The number of fused-ring (bicyclic) bond motifs is 1. The van der Waals surface area contributed by atoms with Gasteiger partial charge in [-0.1, -0.05) is 23.4 Å². The summed E-state index contributed by atoms with van der Waals surface area (Å²) in [4.78, 5) is 12.0. The molecule has 2 rings (SSSR count). The highest BCUT2D eigenvalue weighted by Gasteiger charge is 2.12. The van der Waals surface area contributed by atoms with Crippen molar-refractivity contribution in [3.8, 4) is 0 Å². The van der Waals surface area contributed by atoms with Gasteiger partial charge in [-0.15, -0.1) is 11.7 Å². The zero-order chi connectivity index (χ0) is 14.5. The van der Waals surface area contributed by atoms with Gasteiger partial charge in [-0.2, -0.15) is 0 Å². The van der Waals surface area contributed by atoms with Gasteiger partial charge in [-0.3, -0.25) is 15.2 Å². The topological polar surface area (TPSA) is 89.1 Å². The van der Waals surface area contributed by atoms with Crippen LogP contribution in [0.4, 0.5) is 0 Å². The van der Waals surface area contributed by atoms with Crippen LogP contribution in [0, 0.1) is 0 Å². The quantitative estimate of drug-likeness (QED) is 0.475. The Morgan fingerprint density at radius 2 is 2.30 bits per heavy atom. The molecule has 0 aliphatic rings. The van der Waals surface area contributed by atoms with Crippen LogP contribution >= 0.6 is 12.2 Å². The van der Waals surface area contributed by atoms with Gasteiger partial charge in [0, 0.05) is 0 Å². The lowest BCUT2D eigenvalue weighted by atomic mass is 10.3. The Hall–Kier alpha value is -2.48. The number of aromatic nitrogens is 3. The van der Waals surface area contributed by atoms with Crippen molar-refractivity contribution in [2.75, 3.05) is 6.54 Å². The summed E-state index contributed by atoms with van der Waals surface area (Å²) < 4.78 is 1.51. The van der Waals surface area contributed by atoms with E-state index in [9.17, 15) is 4.79 Å². The number of nitrogens with zero attached hydrogens (tertiary/aromatic N) is 4. The van der Waals surface area contributed by atoms with Gasteiger partial charge in [0.15, 0.2) is 5.11 Å². The number of nitrogens with one attached hydrogen (secondary N) is 1. The van der Waals surface area contributed by atoms with Crippen molar-refractivity contribution in [1.82, 2.24) is 25.4 Å². The summed E-state index contributed by atoms with van der Waals surface area (Å²) in [7, 11) is 0. The van der Waals surface area contributed by atoms with E-state index in [4.69, 9.17) is 18.0 Å². The third-order valence-electron chi connectivity index (χ3n) is 2.55. The third-order valence-corrected chi connectivity index (χ3v) is 2.77. The minimum atomic E-state index is -0.296. The first-order valence-electron chi connectivity index (χ1n) is 5.87. The minimum absolute atomic E-state index is 0.0246. The number of carbonyl (C=O) groups is 1. The molecule has 0 saturated carbocycles. The molecular weight excluding hydrogens is 276 g/mol. The Morgan fingerprint density at radius 3 is 3.00 bits per heavy atom. The average Bonchev–Trinajstić information content (AvgIpc) is 2.81. The van der Waals surface area contributed by atoms with Crippen LogP contribution in [0.2, 0.25) is 0 Å². The van der Waals surface area contributed by atoms with E-state index >= 15 is 0 Å². The standard InChI is InChI=1S/C12H14N6OS/c1-2-7-17(12(13)20)15-11(19)8-18-10-6-4-3-5-9(10)14-16-18/h2-6H,1,7-8H2,(H2,13,20)(H,15,19). The van der Waals surface area contributed by atoms with Gasteiger partial charge < -0.3 is 5.73 Å². The Kier molecular flexibility index (Phi) is 4.26. The molecule has 7 nitrogen and oxygen atoms in total. The smallest absolute Gasteiger partial charge is 0.260 e. The predicted octanol–water partition coefficient (Wildman–Crippen LogP) is 0.194. The number of benzene rings is 1. The number of carbonyl (C=O) groups excluding carboxylic acids is 1. The van der Waals surface area contributed by atoms with Crippen LogP contribution < -0.4 is 11.2 Å². The molecular formula is C12H14N6OS. The fourth-order valence-corrected chi connectivity index (χ4v) is 1.80. The molecule has 0 radical (unpaired) electrons. The molecule has 0 aliphatic heterocycles. The van der Waals surface area contributed by atoms with Crippen LogP contribution in [0.15, 0.2) is 36.9 Å². The van der Waals surface area contributed by atoms with Crippen LogP contribution in [-0.2, 0) is 11.3 Å². The van der Waals surface area contributed by atoms with Crippen LogP contribution in [0.3, 0.4) is 0 Å². The van der Waals surface area contributed by atoms with E-state index in [2.05, 4.69) is 22.3 Å². The Bertz CT molecular complexity index is 652. The van der Waals surface area contributed by atoms with Crippen LogP contribution in [0.25, 0.3) is 11.0 Å². The predicted molar refractivity (Wildman–Crippen MR) is 79.4 cm³/mol. The number of thiocarbonyl (C=S) groups is 1.